The molecule has 8 heteroatoms. The lowest BCUT2D eigenvalue weighted by Gasteiger charge is -2.03. The summed E-state index contributed by atoms with van der Waals surface area (Å²) >= 11 is 4.07. The summed E-state index contributed by atoms with van der Waals surface area (Å²) in [5.74, 6) is -1.000. The molecule has 0 unspecified atom stereocenters. The molecule has 0 aliphatic heterocycles. The number of hydrogen-bond donors (Lipinski definition) is 3. The summed E-state index contributed by atoms with van der Waals surface area (Å²) in [6, 6.07) is -0.871. The van der Waals surface area contributed by atoms with Crippen molar-refractivity contribution in [2.45, 2.75) is 12.5 Å². The summed E-state index contributed by atoms with van der Waals surface area (Å²) in [5, 5.41) is 8.58. The van der Waals surface area contributed by atoms with Crippen LogP contribution in [0, 0.1) is 7.53 Å². The van der Waals surface area contributed by atoms with Gasteiger partial charge in [0.2, 0.25) is 0 Å². The average molecular weight is 443 g/mol. The summed E-state index contributed by atoms with van der Waals surface area (Å²) in [4.78, 5) is 17.5. The van der Waals surface area contributed by atoms with E-state index in [4.69, 9.17) is 10.8 Å². The second-order valence-corrected chi connectivity index (χ2v) is 4.49. The van der Waals surface area contributed by atoms with Gasteiger partial charge in [0.15, 0.2) is 3.83 Å². The van der Waals surface area contributed by atoms with Gasteiger partial charge < -0.3 is 15.8 Å². The molecule has 0 fully saturated rings. The van der Waals surface area contributed by atoms with Gasteiger partial charge in [0.1, 0.15) is 9.74 Å². The van der Waals surface area contributed by atoms with E-state index in [1.807, 2.05) is 45.2 Å². The highest BCUT2D eigenvalue weighted by Gasteiger charge is 2.15. The maximum absolute atomic E-state index is 10.5. The van der Waals surface area contributed by atoms with Gasteiger partial charge in [0.25, 0.3) is 0 Å². The SMILES string of the molecule is Cl.N[C@H](Cc1[nH]c(I)nc1I)C(=O)O. The topological polar surface area (TPSA) is 92.0 Å². The molecule has 0 spiro atoms. The summed E-state index contributed by atoms with van der Waals surface area (Å²) in [6.07, 6.45) is 0.281. The van der Waals surface area contributed by atoms with Gasteiger partial charge in [-0.25, -0.2) is 4.98 Å². The van der Waals surface area contributed by atoms with Crippen LogP contribution in [0.1, 0.15) is 5.69 Å². The van der Waals surface area contributed by atoms with Crippen molar-refractivity contribution in [1.29, 1.82) is 0 Å². The first kappa shape index (κ1) is 14.4. The highest BCUT2D eigenvalue weighted by atomic mass is 127. The molecule has 80 valence electrons. The van der Waals surface area contributed by atoms with Gasteiger partial charge in [-0.3, -0.25) is 4.79 Å². The number of rotatable bonds is 3. The Kier molecular flexibility index (Phi) is 6.25. The third-order valence-electron chi connectivity index (χ3n) is 1.44. The first-order valence-corrected chi connectivity index (χ1v) is 5.54. The molecular formula is C6H8ClI2N3O2. The molecule has 0 bridgehead atoms. The minimum absolute atomic E-state index is 0. The number of nitrogens with zero attached hydrogens (tertiary/aromatic N) is 1. The van der Waals surface area contributed by atoms with Gasteiger partial charge in [-0.05, 0) is 45.2 Å². The van der Waals surface area contributed by atoms with Crippen LogP contribution >= 0.6 is 57.6 Å². The van der Waals surface area contributed by atoms with E-state index in [1.165, 1.54) is 0 Å². The lowest BCUT2D eigenvalue weighted by molar-refractivity contribution is -0.138. The summed E-state index contributed by atoms with van der Waals surface area (Å²) in [6.45, 7) is 0. The molecular weight excluding hydrogens is 435 g/mol. The number of aliphatic carboxylic acids is 1. The minimum atomic E-state index is -1.000. The van der Waals surface area contributed by atoms with Crippen LogP contribution in [0.3, 0.4) is 0 Å². The number of carboxylic acid groups (broad SMARTS) is 1. The van der Waals surface area contributed by atoms with Crippen molar-refractivity contribution >= 4 is 63.6 Å². The third kappa shape index (κ3) is 3.87. The van der Waals surface area contributed by atoms with Gasteiger partial charge in [0.05, 0.1) is 5.69 Å². The number of carbonyl (C=O) groups is 1. The summed E-state index contributed by atoms with van der Waals surface area (Å²) in [7, 11) is 0. The van der Waals surface area contributed by atoms with Crippen LogP contribution in [0.5, 0.6) is 0 Å². The zero-order chi connectivity index (χ0) is 10.0. The van der Waals surface area contributed by atoms with Crippen molar-refractivity contribution in [3.8, 4) is 0 Å². The van der Waals surface area contributed by atoms with E-state index in [0.717, 1.165) is 13.2 Å². The maximum atomic E-state index is 10.5. The van der Waals surface area contributed by atoms with Crippen LogP contribution in [-0.4, -0.2) is 27.1 Å². The lowest BCUT2D eigenvalue weighted by atomic mass is 10.2. The summed E-state index contributed by atoms with van der Waals surface area (Å²) < 4.78 is 1.52. The Hall–Kier alpha value is 0.390. The highest BCUT2D eigenvalue weighted by molar-refractivity contribution is 14.1. The monoisotopic (exact) mass is 443 g/mol. The number of nitrogens with two attached hydrogens (primary N) is 1. The first-order valence-electron chi connectivity index (χ1n) is 3.39. The standard InChI is InChI=1S/C6H7I2N3O2.ClH/c7-4-3(10-6(8)11-4)1-2(9)5(12)13;/h2H,1,9H2,(H,10,11)(H,12,13);1H/t2-;/m1./s1. The van der Waals surface area contributed by atoms with Crippen LogP contribution in [0.25, 0.3) is 0 Å². The van der Waals surface area contributed by atoms with Gasteiger partial charge >= 0.3 is 5.97 Å². The van der Waals surface area contributed by atoms with E-state index < -0.39 is 12.0 Å². The first-order chi connectivity index (χ1) is 6.00. The smallest absolute Gasteiger partial charge is 0.320 e. The Morgan fingerprint density at radius 2 is 2.21 bits per heavy atom. The van der Waals surface area contributed by atoms with Crippen molar-refractivity contribution in [3.63, 3.8) is 0 Å². The van der Waals surface area contributed by atoms with Crippen molar-refractivity contribution < 1.29 is 9.90 Å². The minimum Gasteiger partial charge on any atom is -0.480 e. The van der Waals surface area contributed by atoms with Gasteiger partial charge in [0, 0.05) is 6.42 Å². The molecule has 0 aliphatic rings. The van der Waals surface area contributed by atoms with Crippen molar-refractivity contribution in [2.75, 3.05) is 0 Å². The van der Waals surface area contributed by atoms with Crippen molar-refractivity contribution in [2.24, 2.45) is 5.73 Å². The number of imidazole rings is 1. The molecule has 0 amide bonds. The molecule has 4 N–H and O–H groups in total. The normalized spacial score (nSPS) is 11.9. The van der Waals surface area contributed by atoms with Crippen LogP contribution in [0.4, 0.5) is 0 Å². The molecule has 0 saturated heterocycles. The molecule has 1 atom stereocenters. The predicted octanol–water partition coefficient (Wildman–Crippen LogP) is 0.995. The lowest BCUT2D eigenvalue weighted by Crippen LogP contribution is -2.32. The Labute approximate surface area is 114 Å². The number of halogens is 3. The molecule has 1 heterocycles. The van der Waals surface area contributed by atoms with E-state index in [2.05, 4.69) is 9.97 Å². The Morgan fingerprint density at radius 3 is 2.57 bits per heavy atom. The quantitative estimate of drug-likeness (QED) is 0.608. The maximum Gasteiger partial charge on any atom is 0.320 e. The van der Waals surface area contributed by atoms with Crippen molar-refractivity contribution in [3.05, 3.63) is 13.2 Å². The van der Waals surface area contributed by atoms with Crippen LogP contribution < -0.4 is 5.73 Å². The molecule has 1 rings (SSSR count). The Morgan fingerprint density at radius 1 is 1.64 bits per heavy atom. The summed E-state index contributed by atoms with van der Waals surface area (Å²) in [5.41, 5.74) is 6.15. The average Bonchev–Trinajstić information content (AvgIpc) is 2.30. The molecule has 1 aromatic heterocycles. The number of H-pyrrole nitrogens is 1. The molecule has 14 heavy (non-hydrogen) atoms. The predicted molar refractivity (Wildman–Crippen MR) is 70.6 cm³/mol. The van der Waals surface area contributed by atoms with Crippen LogP contribution in [0.2, 0.25) is 0 Å². The number of aromatic nitrogens is 2. The van der Waals surface area contributed by atoms with E-state index in [-0.39, 0.29) is 18.8 Å². The fourth-order valence-corrected chi connectivity index (χ4v) is 2.42. The third-order valence-corrected chi connectivity index (χ3v) is 2.84. The second kappa shape index (κ2) is 6.08. The number of carboxylic acids is 1. The number of nitrogens with one attached hydrogen (secondary N) is 1. The zero-order valence-corrected chi connectivity index (χ0v) is 12.0. The van der Waals surface area contributed by atoms with E-state index in [9.17, 15) is 4.79 Å². The molecule has 0 saturated carbocycles. The van der Waals surface area contributed by atoms with Gasteiger partial charge in [-0.15, -0.1) is 12.4 Å². The fraction of sp³-hybridized carbons (Fsp3) is 0.333. The van der Waals surface area contributed by atoms with Crippen LogP contribution in [-0.2, 0) is 11.2 Å². The highest BCUT2D eigenvalue weighted by Crippen LogP contribution is 2.12. The van der Waals surface area contributed by atoms with Gasteiger partial charge in [-0.1, -0.05) is 0 Å². The fourth-order valence-electron chi connectivity index (χ4n) is 0.800. The van der Waals surface area contributed by atoms with Crippen LogP contribution in [0.15, 0.2) is 0 Å². The Balaban J connectivity index is 0.00000169. The van der Waals surface area contributed by atoms with Crippen molar-refractivity contribution in [1.82, 2.24) is 9.97 Å². The largest absolute Gasteiger partial charge is 0.480 e. The molecule has 5 nitrogen and oxygen atoms in total. The number of hydrogen-bond acceptors (Lipinski definition) is 3. The molecule has 0 aromatic carbocycles. The molecule has 0 radical (unpaired) electrons. The zero-order valence-electron chi connectivity index (χ0n) is 6.83. The van der Waals surface area contributed by atoms with Gasteiger partial charge in [-0.2, -0.15) is 0 Å². The van der Waals surface area contributed by atoms with E-state index in [1.54, 1.807) is 0 Å². The van der Waals surface area contributed by atoms with E-state index in [0.29, 0.717) is 0 Å². The second-order valence-electron chi connectivity index (χ2n) is 2.45. The van der Waals surface area contributed by atoms with E-state index >= 15 is 0 Å². The Bertz CT molecular complexity index is 331. The number of aromatic amines is 1. The molecule has 0 aliphatic carbocycles. The molecule has 1 aromatic rings.